The minimum absolute atomic E-state index is 0.173. The Labute approximate surface area is 121 Å². The molecule has 1 heterocycles. The minimum atomic E-state index is -0.554. The second kappa shape index (κ2) is 6.75. The lowest BCUT2D eigenvalue weighted by atomic mass is 10.2. The number of halogens is 1. The van der Waals surface area contributed by atoms with E-state index in [1.807, 2.05) is 31.5 Å². The summed E-state index contributed by atoms with van der Waals surface area (Å²) < 4.78 is 2.71. The maximum absolute atomic E-state index is 12.2. The zero-order valence-electron chi connectivity index (χ0n) is 11.7. The van der Waals surface area contributed by atoms with Crippen LogP contribution < -0.4 is 10.6 Å². The van der Waals surface area contributed by atoms with Crippen molar-refractivity contribution in [3.63, 3.8) is 0 Å². The smallest absolute Gasteiger partial charge is 0.268 e. The van der Waals surface area contributed by atoms with Gasteiger partial charge in [-0.1, -0.05) is 0 Å². The molecule has 1 unspecified atom stereocenters. The van der Waals surface area contributed by atoms with Crippen molar-refractivity contribution in [3.05, 3.63) is 22.4 Å². The summed E-state index contributed by atoms with van der Waals surface area (Å²) in [5, 5.41) is 5.37. The average molecular weight is 330 g/mol. The van der Waals surface area contributed by atoms with Crippen LogP contribution >= 0.6 is 15.9 Å². The molecule has 0 bridgehead atoms. The number of hydrogen-bond donors (Lipinski definition) is 2. The van der Waals surface area contributed by atoms with Gasteiger partial charge in [0.25, 0.3) is 5.91 Å². The molecule has 0 aromatic carbocycles. The van der Waals surface area contributed by atoms with Crippen molar-refractivity contribution in [2.75, 3.05) is 6.54 Å². The van der Waals surface area contributed by atoms with Crippen LogP contribution in [0.15, 0.2) is 16.7 Å². The van der Waals surface area contributed by atoms with E-state index in [-0.39, 0.29) is 17.9 Å². The van der Waals surface area contributed by atoms with E-state index in [1.54, 1.807) is 13.0 Å². The quantitative estimate of drug-likeness (QED) is 0.868. The number of rotatable bonds is 5. The molecule has 5 nitrogen and oxygen atoms in total. The maximum atomic E-state index is 12.2. The van der Waals surface area contributed by atoms with E-state index >= 15 is 0 Å². The molecular formula is C13H20BrN3O2. The normalized spacial score (nSPS) is 12.3. The third-order valence-electron chi connectivity index (χ3n) is 2.70. The molecule has 0 saturated heterocycles. The monoisotopic (exact) mass is 329 g/mol. The van der Waals surface area contributed by atoms with Gasteiger partial charge in [0.2, 0.25) is 5.91 Å². The fourth-order valence-corrected chi connectivity index (χ4v) is 2.16. The Hall–Kier alpha value is -1.30. The lowest BCUT2D eigenvalue weighted by Crippen LogP contribution is -2.45. The third kappa shape index (κ3) is 4.09. The molecule has 6 heteroatoms. The number of carbonyl (C=O) groups excluding carboxylic acids is 2. The van der Waals surface area contributed by atoms with Gasteiger partial charge in [0.1, 0.15) is 11.7 Å². The lowest BCUT2D eigenvalue weighted by molar-refractivity contribution is -0.122. The fourth-order valence-electron chi connectivity index (χ4n) is 1.72. The number of nitrogens with one attached hydrogen (secondary N) is 2. The molecule has 0 spiro atoms. The van der Waals surface area contributed by atoms with Gasteiger partial charge in [-0.15, -0.1) is 0 Å². The Kier molecular flexibility index (Phi) is 5.60. The van der Waals surface area contributed by atoms with Crippen LogP contribution in [0.3, 0.4) is 0 Å². The summed E-state index contributed by atoms with van der Waals surface area (Å²) in [6, 6.07) is 1.37. The van der Waals surface area contributed by atoms with Crippen molar-refractivity contribution in [2.24, 2.45) is 0 Å². The van der Waals surface area contributed by atoms with E-state index in [2.05, 4.69) is 26.6 Å². The molecule has 1 aromatic rings. The molecule has 106 valence electrons. The zero-order valence-corrected chi connectivity index (χ0v) is 13.2. The molecule has 0 aliphatic rings. The standard InChI is InChI=1S/C13H20BrN3O2/c1-5-15-12(18)9(4)16-13(19)11-6-10(14)7-17(11)8(2)3/h6-9H,5H2,1-4H3,(H,15,18)(H,16,19). The second-order valence-electron chi connectivity index (χ2n) is 4.63. The Morgan fingerprint density at radius 1 is 1.37 bits per heavy atom. The van der Waals surface area contributed by atoms with Crippen molar-refractivity contribution in [1.29, 1.82) is 0 Å². The average Bonchev–Trinajstić information content (AvgIpc) is 2.71. The van der Waals surface area contributed by atoms with Crippen molar-refractivity contribution < 1.29 is 9.59 Å². The molecule has 2 amide bonds. The van der Waals surface area contributed by atoms with Crippen LogP contribution in [0.4, 0.5) is 0 Å². The van der Waals surface area contributed by atoms with Crippen LogP contribution in [0.5, 0.6) is 0 Å². The maximum Gasteiger partial charge on any atom is 0.268 e. The predicted molar refractivity (Wildman–Crippen MR) is 78.1 cm³/mol. The molecule has 0 aliphatic carbocycles. The van der Waals surface area contributed by atoms with E-state index in [0.717, 1.165) is 4.47 Å². The van der Waals surface area contributed by atoms with E-state index in [1.165, 1.54) is 0 Å². The van der Waals surface area contributed by atoms with E-state index in [0.29, 0.717) is 12.2 Å². The molecule has 2 N–H and O–H groups in total. The highest BCUT2D eigenvalue weighted by molar-refractivity contribution is 9.10. The highest BCUT2D eigenvalue weighted by Gasteiger charge is 2.19. The topological polar surface area (TPSA) is 63.1 Å². The Balaban J connectivity index is 2.81. The molecule has 1 aromatic heterocycles. The number of likely N-dealkylation sites (N-methyl/N-ethyl adjacent to an activating group) is 1. The largest absolute Gasteiger partial charge is 0.355 e. The highest BCUT2D eigenvalue weighted by Crippen LogP contribution is 2.19. The van der Waals surface area contributed by atoms with Gasteiger partial charge in [-0.2, -0.15) is 0 Å². The van der Waals surface area contributed by atoms with Gasteiger partial charge in [-0.05, 0) is 49.7 Å². The fraction of sp³-hybridized carbons (Fsp3) is 0.538. The summed E-state index contributed by atoms with van der Waals surface area (Å²) in [5.74, 6) is -0.435. The molecule has 1 rings (SSSR count). The van der Waals surface area contributed by atoms with E-state index < -0.39 is 6.04 Å². The first-order valence-electron chi connectivity index (χ1n) is 6.32. The van der Waals surface area contributed by atoms with Crippen LogP contribution in [-0.4, -0.2) is 29.0 Å². The predicted octanol–water partition coefficient (Wildman–Crippen LogP) is 2.09. The number of hydrogen-bond acceptors (Lipinski definition) is 2. The lowest BCUT2D eigenvalue weighted by Gasteiger charge is -2.16. The van der Waals surface area contributed by atoms with Gasteiger partial charge in [0, 0.05) is 23.3 Å². The van der Waals surface area contributed by atoms with Gasteiger partial charge in [0.15, 0.2) is 0 Å². The van der Waals surface area contributed by atoms with Gasteiger partial charge in [-0.3, -0.25) is 9.59 Å². The number of amides is 2. The molecule has 0 radical (unpaired) electrons. The van der Waals surface area contributed by atoms with Gasteiger partial charge in [-0.25, -0.2) is 0 Å². The molecule has 0 aliphatic heterocycles. The van der Waals surface area contributed by atoms with Crippen LogP contribution in [0.2, 0.25) is 0 Å². The Morgan fingerprint density at radius 3 is 2.53 bits per heavy atom. The Bertz CT molecular complexity index is 468. The highest BCUT2D eigenvalue weighted by atomic mass is 79.9. The summed E-state index contributed by atoms with van der Waals surface area (Å²) >= 11 is 3.36. The first-order valence-corrected chi connectivity index (χ1v) is 7.12. The molecule has 0 saturated carbocycles. The van der Waals surface area contributed by atoms with E-state index in [9.17, 15) is 9.59 Å². The van der Waals surface area contributed by atoms with Gasteiger partial charge >= 0.3 is 0 Å². The van der Waals surface area contributed by atoms with Crippen LogP contribution in [0, 0.1) is 0 Å². The molecule has 0 fully saturated rings. The van der Waals surface area contributed by atoms with Crippen molar-refractivity contribution in [3.8, 4) is 0 Å². The number of nitrogens with zero attached hydrogens (tertiary/aromatic N) is 1. The number of aromatic nitrogens is 1. The molecule has 1 atom stereocenters. The summed E-state index contributed by atoms with van der Waals surface area (Å²) in [7, 11) is 0. The van der Waals surface area contributed by atoms with Crippen LogP contribution in [-0.2, 0) is 4.79 Å². The van der Waals surface area contributed by atoms with Crippen molar-refractivity contribution in [2.45, 2.75) is 39.8 Å². The third-order valence-corrected chi connectivity index (χ3v) is 3.13. The van der Waals surface area contributed by atoms with Crippen molar-refractivity contribution in [1.82, 2.24) is 15.2 Å². The zero-order chi connectivity index (χ0) is 14.6. The van der Waals surface area contributed by atoms with Gasteiger partial charge in [0.05, 0.1) is 0 Å². The Morgan fingerprint density at radius 2 is 2.00 bits per heavy atom. The summed E-state index contributed by atoms with van der Waals surface area (Å²) in [5.41, 5.74) is 0.540. The molecule has 19 heavy (non-hydrogen) atoms. The number of carbonyl (C=O) groups is 2. The first-order chi connectivity index (χ1) is 8.86. The first kappa shape index (κ1) is 15.8. The summed E-state index contributed by atoms with van der Waals surface area (Å²) in [6.45, 7) is 8.05. The van der Waals surface area contributed by atoms with Crippen LogP contribution in [0.25, 0.3) is 0 Å². The van der Waals surface area contributed by atoms with Crippen molar-refractivity contribution >= 4 is 27.7 Å². The van der Waals surface area contributed by atoms with Gasteiger partial charge < -0.3 is 15.2 Å². The van der Waals surface area contributed by atoms with Crippen LogP contribution in [0.1, 0.15) is 44.2 Å². The SMILES string of the molecule is CCNC(=O)C(C)NC(=O)c1cc(Br)cn1C(C)C. The summed E-state index contributed by atoms with van der Waals surface area (Å²) in [4.78, 5) is 23.8. The molecular weight excluding hydrogens is 310 g/mol. The minimum Gasteiger partial charge on any atom is -0.355 e. The summed E-state index contributed by atoms with van der Waals surface area (Å²) in [6.07, 6.45) is 1.86. The second-order valence-corrected chi connectivity index (χ2v) is 5.55. The van der Waals surface area contributed by atoms with E-state index in [4.69, 9.17) is 0 Å².